The number of benzene rings is 1. The Morgan fingerprint density at radius 2 is 1.74 bits per heavy atom. The molecule has 1 N–H and O–H groups in total. The van der Waals surface area contributed by atoms with Gasteiger partial charge < -0.3 is 9.50 Å². The van der Waals surface area contributed by atoms with Crippen molar-refractivity contribution in [3.63, 3.8) is 0 Å². The molecule has 0 radical (unpaired) electrons. The van der Waals surface area contributed by atoms with E-state index in [1.807, 2.05) is 0 Å². The minimum absolute atomic E-state index is 0.196. The molecule has 0 bridgehead atoms. The Labute approximate surface area is 135 Å². The minimum atomic E-state index is -3.89. The van der Waals surface area contributed by atoms with Gasteiger partial charge in [-0.1, -0.05) is 32.0 Å². The SMILES string of the molecule is CCC1(CC)NC(=O)N(CCS(=O)(=O)Oc2ccccc2)C1=O. The van der Waals surface area contributed by atoms with E-state index in [9.17, 15) is 18.0 Å². The van der Waals surface area contributed by atoms with E-state index >= 15 is 0 Å². The molecule has 1 aromatic rings. The molecule has 3 amide bonds. The summed E-state index contributed by atoms with van der Waals surface area (Å²) in [6.07, 6.45) is 0.912. The van der Waals surface area contributed by atoms with E-state index in [0.717, 1.165) is 4.90 Å². The molecule has 1 aliphatic heterocycles. The number of carbonyl (C=O) groups is 2. The van der Waals surface area contributed by atoms with Gasteiger partial charge in [0, 0.05) is 6.54 Å². The number of hydrogen-bond donors (Lipinski definition) is 1. The molecular formula is C15H20N2O5S. The number of nitrogens with zero attached hydrogens (tertiary/aromatic N) is 1. The monoisotopic (exact) mass is 340 g/mol. The first kappa shape index (κ1) is 17.3. The molecular weight excluding hydrogens is 320 g/mol. The van der Waals surface area contributed by atoms with E-state index in [-0.39, 0.29) is 18.2 Å². The van der Waals surface area contributed by atoms with Crippen LogP contribution in [0, 0.1) is 0 Å². The third-order valence-electron chi connectivity index (χ3n) is 3.98. The van der Waals surface area contributed by atoms with Crippen LogP contribution in [0.2, 0.25) is 0 Å². The standard InChI is InChI=1S/C15H20N2O5S/c1-3-15(4-2)13(18)17(14(19)16-15)10-11-23(20,21)22-12-8-6-5-7-9-12/h5-9H,3-4,10-11H2,1-2H3,(H,16,19). The Kier molecular flexibility index (Phi) is 4.93. The lowest BCUT2D eigenvalue weighted by atomic mass is 9.93. The van der Waals surface area contributed by atoms with Gasteiger partial charge in [0.05, 0.1) is 0 Å². The van der Waals surface area contributed by atoms with Crippen LogP contribution in [0.5, 0.6) is 5.75 Å². The highest BCUT2D eigenvalue weighted by Gasteiger charge is 2.48. The van der Waals surface area contributed by atoms with Gasteiger partial charge in [0.1, 0.15) is 17.0 Å². The molecule has 1 fully saturated rings. The molecule has 7 nitrogen and oxygen atoms in total. The zero-order valence-electron chi connectivity index (χ0n) is 13.1. The molecule has 1 heterocycles. The highest BCUT2D eigenvalue weighted by Crippen LogP contribution is 2.24. The second kappa shape index (κ2) is 6.57. The molecule has 0 spiro atoms. The van der Waals surface area contributed by atoms with Crippen molar-refractivity contribution in [1.82, 2.24) is 10.2 Å². The fraction of sp³-hybridized carbons (Fsp3) is 0.467. The molecule has 1 saturated heterocycles. The second-order valence-corrected chi connectivity index (χ2v) is 7.02. The normalized spacial score (nSPS) is 17.2. The van der Waals surface area contributed by atoms with Gasteiger partial charge in [0.15, 0.2) is 0 Å². The zero-order chi connectivity index (χ0) is 17.1. The molecule has 0 unspecified atom stereocenters. The number of amides is 3. The summed E-state index contributed by atoms with van der Waals surface area (Å²) in [5.74, 6) is -0.645. The number of nitrogens with one attached hydrogen (secondary N) is 1. The second-order valence-electron chi connectivity index (χ2n) is 5.33. The van der Waals surface area contributed by atoms with Gasteiger partial charge >= 0.3 is 16.1 Å². The van der Waals surface area contributed by atoms with Crippen LogP contribution in [0.25, 0.3) is 0 Å². The number of imide groups is 1. The van der Waals surface area contributed by atoms with Gasteiger partial charge in [0.25, 0.3) is 5.91 Å². The number of rotatable bonds is 7. The summed E-state index contributed by atoms with van der Waals surface area (Å²) in [5.41, 5.74) is -0.929. The van der Waals surface area contributed by atoms with E-state index in [4.69, 9.17) is 4.18 Å². The van der Waals surface area contributed by atoms with Crippen LogP contribution >= 0.6 is 0 Å². The number of carbonyl (C=O) groups excluding carboxylic acids is 2. The van der Waals surface area contributed by atoms with Crippen molar-refractivity contribution in [2.45, 2.75) is 32.2 Å². The lowest BCUT2D eigenvalue weighted by Crippen LogP contribution is -2.46. The third-order valence-corrected chi connectivity index (χ3v) is 5.11. The van der Waals surface area contributed by atoms with Gasteiger partial charge in [0.2, 0.25) is 0 Å². The van der Waals surface area contributed by atoms with Crippen molar-refractivity contribution in [1.29, 1.82) is 0 Å². The van der Waals surface area contributed by atoms with Crippen LogP contribution in [-0.2, 0) is 14.9 Å². The first-order valence-corrected chi connectivity index (χ1v) is 9.02. The fourth-order valence-corrected chi connectivity index (χ4v) is 3.37. The Balaban J connectivity index is 2.03. The van der Waals surface area contributed by atoms with E-state index < -0.39 is 27.4 Å². The quantitative estimate of drug-likeness (QED) is 0.600. The van der Waals surface area contributed by atoms with Gasteiger partial charge in [-0.2, -0.15) is 8.42 Å². The largest absolute Gasteiger partial charge is 0.382 e. The molecule has 23 heavy (non-hydrogen) atoms. The summed E-state index contributed by atoms with van der Waals surface area (Å²) < 4.78 is 28.9. The molecule has 0 aliphatic carbocycles. The number of urea groups is 1. The average molecular weight is 340 g/mol. The maximum atomic E-state index is 12.4. The molecule has 126 valence electrons. The van der Waals surface area contributed by atoms with Crippen molar-refractivity contribution in [3.05, 3.63) is 30.3 Å². The summed E-state index contributed by atoms with van der Waals surface area (Å²) in [5, 5.41) is 2.65. The Morgan fingerprint density at radius 3 is 2.26 bits per heavy atom. The Morgan fingerprint density at radius 1 is 1.13 bits per heavy atom. The minimum Gasteiger partial charge on any atom is -0.382 e. The highest BCUT2D eigenvalue weighted by atomic mass is 32.2. The highest BCUT2D eigenvalue weighted by molar-refractivity contribution is 7.87. The van der Waals surface area contributed by atoms with Crippen LogP contribution in [-0.4, -0.2) is 43.1 Å². The van der Waals surface area contributed by atoms with Crippen LogP contribution < -0.4 is 9.50 Å². The smallest absolute Gasteiger partial charge is 0.325 e. The molecule has 8 heteroatoms. The third kappa shape index (κ3) is 3.64. The molecule has 2 rings (SSSR count). The van der Waals surface area contributed by atoms with Crippen LogP contribution in [0.4, 0.5) is 4.79 Å². The zero-order valence-corrected chi connectivity index (χ0v) is 13.9. The van der Waals surface area contributed by atoms with Crippen molar-refractivity contribution in [2.75, 3.05) is 12.3 Å². The maximum Gasteiger partial charge on any atom is 0.325 e. The van der Waals surface area contributed by atoms with Gasteiger partial charge in [-0.15, -0.1) is 0 Å². The number of para-hydroxylation sites is 1. The fourth-order valence-electron chi connectivity index (χ4n) is 2.48. The maximum absolute atomic E-state index is 12.4. The molecule has 0 aromatic heterocycles. The molecule has 1 aromatic carbocycles. The number of hydrogen-bond acceptors (Lipinski definition) is 5. The summed E-state index contributed by atoms with van der Waals surface area (Å²) in [6, 6.07) is 7.52. The average Bonchev–Trinajstić information content (AvgIpc) is 2.77. The predicted molar refractivity (Wildman–Crippen MR) is 84.4 cm³/mol. The molecule has 0 saturated carbocycles. The summed E-state index contributed by atoms with van der Waals surface area (Å²) >= 11 is 0. The Bertz CT molecular complexity index is 683. The van der Waals surface area contributed by atoms with Crippen LogP contribution in [0.15, 0.2) is 30.3 Å². The molecule has 1 aliphatic rings. The van der Waals surface area contributed by atoms with E-state index in [2.05, 4.69) is 5.32 Å². The lowest BCUT2D eigenvalue weighted by Gasteiger charge is -2.23. The summed E-state index contributed by atoms with van der Waals surface area (Å²) in [7, 11) is -3.89. The topological polar surface area (TPSA) is 92.8 Å². The lowest BCUT2D eigenvalue weighted by molar-refractivity contribution is -0.131. The van der Waals surface area contributed by atoms with E-state index in [1.165, 1.54) is 12.1 Å². The van der Waals surface area contributed by atoms with Gasteiger partial charge in [-0.05, 0) is 25.0 Å². The van der Waals surface area contributed by atoms with Crippen molar-refractivity contribution in [3.8, 4) is 5.75 Å². The van der Waals surface area contributed by atoms with Crippen molar-refractivity contribution >= 4 is 22.1 Å². The molecule has 0 atom stereocenters. The predicted octanol–water partition coefficient (Wildman–Crippen LogP) is 1.51. The van der Waals surface area contributed by atoms with Gasteiger partial charge in [-0.25, -0.2) is 4.79 Å². The van der Waals surface area contributed by atoms with E-state index in [1.54, 1.807) is 32.0 Å². The Hall–Kier alpha value is -2.09. The van der Waals surface area contributed by atoms with Crippen molar-refractivity contribution in [2.24, 2.45) is 0 Å². The van der Waals surface area contributed by atoms with Crippen LogP contribution in [0.3, 0.4) is 0 Å². The first-order valence-electron chi connectivity index (χ1n) is 7.45. The van der Waals surface area contributed by atoms with Crippen molar-refractivity contribution < 1.29 is 22.2 Å². The summed E-state index contributed by atoms with van der Waals surface area (Å²) in [6.45, 7) is 3.38. The van der Waals surface area contributed by atoms with Gasteiger partial charge in [-0.3, -0.25) is 9.69 Å². The van der Waals surface area contributed by atoms with E-state index in [0.29, 0.717) is 12.8 Å². The first-order chi connectivity index (χ1) is 10.8. The van der Waals surface area contributed by atoms with Crippen LogP contribution in [0.1, 0.15) is 26.7 Å². The summed E-state index contributed by atoms with van der Waals surface area (Å²) in [4.78, 5) is 25.3.